The first-order valence-electron chi connectivity index (χ1n) is 9.90. The predicted octanol–water partition coefficient (Wildman–Crippen LogP) is 0.549. The van der Waals surface area contributed by atoms with Gasteiger partial charge in [0.1, 0.15) is 11.5 Å². The van der Waals surface area contributed by atoms with E-state index in [0.29, 0.717) is 42.8 Å². The van der Waals surface area contributed by atoms with Gasteiger partial charge >= 0.3 is 0 Å². The first kappa shape index (κ1) is 20.5. The van der Waals surface area contributed by atoms with Crippen molar-refractivity contribution >= 4 is 29.3 Å². The number of rotatable bonds is 7. The Morgan fingerprint density at radius 1 is 1.29 bits per heavy atom. The van der Waals surface area contributed by atoms with E-state index in [1.807, 2.05) is 24.1 Å². The Hall–Kier alpha value is -3.73. The number of hydrogen-bond donors (Lipinski definition) is 3. The van der Waals surface area contributed by atoms with Crippen LogP contribution in [0.1, 0.15) is 22.3 Å². The standard InChI is InChI=1S/C20H24N8O3/c1-22-6-3-9-31-14-5-4-13-15(16(14)30-2)26-20(28-8-7-23-17(13)28)27-18(29)12-10-24-19(21)25-11-12/h4-5,10-11,22H,3,6-9H2,1-2H3,(H2,21,24,25)(H,26,27,29). The van der Waals surface area contributed by atoms with E-state index in [2.05, 4.69) is 25.6 Å². The van der Waals surface area contributed by atoms with Crippen LogP contribution in [0, 0.1) is 0 Å². The highest BCUT2D eigenvalue weighted by Gasteiger charge is 2.33. The highest BCUT2D eigenvalue weighted by atomic mass is 16.5. The van der Waals surface area contributed by atoms with Gasteiger partial charge < -0.3 is 20.5 Å². The van der Waals surface area contributed by atoms with Crippen molar-refractivity contribution in [2.24, 2.45) is 9.98 Å². The van der Waals surface area contributed by atoms with E-state index in [0.717, 1.165) is 24.4 Å². The molecule has 0 atom stereocenters. The van der Waals surface area contributed by atoms with E-state index < -0.39 is 5.91 Å². The first-order chi connectivity index (χ1) is 15.1. The minimum Gasteiger partial charge on any atom is -0.491 e. The lowest BCUT2D eigenvalue weighted by atomic mass is 10.1. The van der Waals surface area contributed by atoms with Gasteiger partial charge in [-0.25, -0.2) is 15.0 Å². The largest absolute Gasteiger partial charge is 0.491 e. The fourth-order valence-corrected chi connectivity index (χ4v) is 3.36. The highest BCUT2D eigenvalue weighted by molar-refractivity contribution is 6.20. The molecule has 2 aliphatic heterocycles. The summed E-state index contributed by atoms with van der Waals surface area (Å²) in [7, 11) is 3.47. The Morgan fingerprint density at radius 3 is 2.84 bits per heavy atom. The zero-order chi connectivity index (χ0) is 21.8. The van der Waals surface area contributed by atoms with Gasteiger partial charge in [-0.15, -0.1) is 0 Å². The maximum atomic E-state index is 12.7. The lowest BCUT2D eigenvalue weighted by Gasteiger charge is -2.28. The number of aromatic nitrogens is 2. The molecular formula is C20H24N8O3. The molecule has 0 fully saturated rings. The summed E-state index contributed by atoms with van der Waals surface area (Å²) in [5.74, 6) is 1.88. The maximum Gasteiger partial charge on any atom is 0.261 e. The summed E-state index contributed by atoms with van der Waals surface area (Å²) in [4.78, 5) is 31.6. The number of benzene rings is 1. The molecule has 1 amide bonds. The number of nitrogen functional groups attached to an aromatic ring is 1. The molecule has 3 heterocycles. The Bertz CT molecular complexity index is 1040. The third-order valence-corrected chi connectivity index (χ3v) is 4.84. The molecular weight excluding hydrogens is 400 g/mol. The summed E-state index contributed by atoms with van der Waals surface area (Å²) >= 11 is 0. The molecule has 0 spiro atoms. The Labute approximate surface area is 179 Å². The van der Waals surface area contributed by atoms with Crippen LogP contribution in [0.15, 0.2) is 34.5 Å². The molecule has 11 nitrogen and oxygen atoms in total. The number of amides is 1. The van der Waals surface area contributed by atoms with Gasteiger partial charge in [0.05, 0.1) is 25.8 Å². The number of fused-ring (bicyclic) bond motifs is 3. The Morgan fingerprint density at radius 2 is 2.10 bits per heavy atom. The summed E-state index contributed by atoms with van der Waals surface area (Å²) in [5.41, 5.74) is 7.16. The van der Waals surface area contributed by atoms with Crippen LogP contribution in [-0.4, -0.2) is 73.0 Å². The van der Waals surface area contributed by atoms with E-state index in [1.165, 1.54) is 12.4 Å². The van der Waals surface area contributed by atoms with Crippen LogP contribution in [-0.2, 0) is 0 Å². The number of carbonyl (C=O) groups excluding carboxylic acids is 1. The van der Waals surface area contributed by atoms with E-state index in [1.54, 1.807) is 7.11 Å². The molecule has 0 unspecified atom stereocenters. The van der Waals surface area contributed by atoms with Crippen molar-refractivity contribution in [2.75, 3.05) is 46.1 Å². The maximum absolute atomic E-state index is 12.7. The zero-order valence-electron chi connectivity index (χ0n) is 17.4. The van der Waals surface area contributed by atoms with Crippen LogP contribution < -0.4 is 25.8 Å². The second kappa shape index (κ2) is 8.96. The van der Waals surface area contributed by atoms with Gasteiger partial charge in [0.25, 0.3) is 5.91 Å². The van der Waals surface area contributed by atoms with Crippen LogP contribution in [0.2, 0.25) is 0 Å². The molecule has 31 heavy (non-hydrogen) atoms. The molecule has 4 rings (SSSR count). The molecule has 4 N–H and O–H groups in total. The highest BCUT2D eigenvalue weighted by Crippen LogP contribution is 2.43. The molecule has 0 bridgehead atoms. The monoisotopic (exact) mass is 424 g/mol. The third-order valence-electron chi connectivity index (χ3n) is 4.84. The molecule has 162 valence electrons. The lowest BCUT2D eigenvalue weighted by molar-refractivity contribution is 0.0973. The number of hydrogen-bond acceptors (Lipinski definition) is 10. The molecule has 0 radical (unpaired) electrons. The van der Waals surface area contributed by atoms with Crippen LogP contribution in [0.25, 0.3) is 0 Å². The predicted molar refractivity (Wildman–Crippen MR) is 116 cm³/mol. The van der Waals surface area contributed by atoms with Gasteiger partial charge in [-0.1, -0.05) is 0 Å². The fraction of sp³-hybridized carbons (Fsp3) is 0.350. The number of nitrogens with zero attached hydrogens (tertiary/aromatic N) is 5. The minimum absolute atomic E-state index is 0.0985. The molecule has 11 heteroatoms. The van der Waals surface area contributed by atoms with Crippen molar-refractivity contribution in [3.05, 3.63) is 35.7 Å². The van der Waals surface area contributed by atoms with Gasteiger partial charge in [-0.3, -0.25) is 20.0 Å². The quantitative estimate of drug-likeness (QED) is 0.548. The molecule has 1 aromatic carbocycles. The van der Waals surface area contributed by atoms with Crippen molar-refractivity contribution in [1.29, 1.82) is 0 Å². The summed E-state index contributed by atoms with van der Waals surface area (Å²) in [6, 6.07) is 3.78. The van der Waals surface area contributed by atoms with E-state index >= 15 is 0 Å². The first-order valence-corrected chi connectivity index (χ1v) is 9.90. The van der Waals surface area contributed by atoms with Crippen LogP contribution in [0.4, 0.5) is 11.6 Å². The van der Waals surface area contributed by atoms with Crippen LogP contribution in [0.3, 0.4) is 0 Å². The molecule has 1 aromatic heterocycles. The second-order valence-electron chi connectivity index (χ2n) is 6.88. The number of nitrogens with two attached hydrogens (primary N) is 1. The van der Waals surface area contributed by atoms with Crippen molar-refractivity contribution in [1.82, 2.24) is 25.5 Å². The number of anilines is 1. The minimum atomic E-state index is -0.396. The van der Waals surface area contributed by atoms with Gasteiger partial charge in [0, 0.05) is 24.5 Å². The average Bonchev–Trinajstić information content (AvgIpc) is 3.27. The molecule has 2 aliphatic rings. The normalized spacial score (nSPS) is 14.3. The third kappa shape index (κ3) is 4.12. The number of nitrogens with one attached hydrogen (secondary N) is 2. The van der Waals surface area contributed by atoms with E-state index in [4.69, 9.17) is 20.2 Å². The second-order valence-corrected chi connectivity index (χ2v) is 6.88. The summed E-state index contributed by atoms with van der Waals surface area (Å²) < 4.78 is 11.5. The van der Waals surface area contributed by atoms with Crippen molar-refractivity contribution in [2.45, 2.75) is 6.42 Å². The number of guanidine groups is 1. The molecule has 0 saturated heterocycles. The topological polar surface area (TPSA) is 139 Å². The molecule has 0 saturated carbocycles. The summed E-state index contributed by atoms with van der Waals surface area (Å²) in [6.07, 6.45) is 3.59. The van der Waals surface area contributed by atoms with Crippen LogP contribution in [0.5, 0.6) is 11.5 Å². The zero-order valence-corrected chi connectivity index (χ0v) is 17.4. The van der Waals surface area contributed by atoms with E-state index in [-0.39, 0.29) is 11.5 Å². The smallest absolute Gasteiger partial charge is 0.261 e. The van der Waals surface area contributed by atoms with Gasteiger partial charge in [0.15, 0.2) is 11.5 Å². The SMILES string of the molecule is CNCCCOc1ccc2c(c1OC)N=C(NC(=O)c1cnc(N)nc1)N1CCN=C21. The number of aliphatic imine (C=N–C) groups is 2. The van der Waals surface area contributed by atoms with Gasteiger partial charge in [-0.05, 0) is 32.1 Å². The van der Waals surface area contributed by atoms with Crippen molar-refractivity contribution in [3.8, 4) is 11.5 Å². The van der Waals surface area contributed by atoms with E-state index in [9.17, 15) is 4.79 Å². The lowest BCUT2D eigenvalue weighted by Crippen LogP contribution is -2.47. The fourth-order valence-electron chi connectivity index (χ4n) is 3.36. The molecule has 0 aliphatic carbocycles. The van der Waals surface area contributed by atoms with Crippen molar-refractivity contribution < 1.29 is 14.3 Å². The van der Waals surface area contributed by atoms with Gasteiger partial charge in [0.2, 0.25) is 11.9 Å². The Kier molecular flexibility index (Phi) is 5.94. The summed E-state index contributed by atoms with van der Waals surface area (Å²) in [6.45, 7) is 2.59. The number of methoxy groups -OCH3 is 1. The average molecular weight is 424 g/mol. The number of carbonyl (C=O) groups is 1. The van der Waals surface area contributed by atoms with Crippen molar-refractivity contribution in [3.63, 3.8) is 0 Å². The Balaban J connectivity index is 1.66. The summed E-state index contributed by atoms with van der Waals surface area (Å²) in [5, 5.41) is 5.92. The number of ether oxygens (including phenoxy) is 2. The number of amidine groups is 1. The molecule has 2 aromatic rings. The van der Waals surface area contributed by atoms with Crippen LogP contribution >= 0.6 is 0 Å². The van der Waals surface area contributed by atoms with Gasteiger partial charge in [-0.2, -0.15) is 0 Å².